The van der Waals surface area contributed by atoms with Crippen LogP contribution < -0.4 is 10.6 Å². The molecule has 0 aliphatic carbocycles. The van der Waals surface area contributed by atoms with Crippen molar-refractivity contribution < 1.29 is 9.59 Å². The highest BCUT2D eigenvalue weighted by Gasteiger charge is 2.18. The van der Waals surface area contributed by atoms with Gasteiger partial charge in [0.2, 0.25) is 11.8 Å². The van der Waals surface area contributed by atoms with Crippen molar-refractivity contribution in [3.05, 3.63) is 0 Å². The summed E-state index contributed by atoms with van der Waals surface area (Å²) in [6.45, 7) is 6.63. The summed E-state index contributed by atoms with van der Waals surface area (Å²) in [5.74, 6) is -0.0965. The fourth-order valence-electron chi connectivity index (χ4n) is 1.42. The first-order valence-electron chi connectivity index (χ1n) is 6.22. The van der Waals surface area contributed by atoms with Gasteiger partial charge in [-0.25, -0.2) is 0 Å². The molecular weight excluding hydrogens is 204 g/mol. The van der Waals surface area contributed by atoms with Crippen LogP contribution in [0.5, 0.6) is 0 Å². The molecule has 1 unspecified atom stereocenters. The van der Waals surface area contributed by atoms with Crippen LogP contribution in [0.25, 0.3) is 0 Å². The molecule has 0 aromatic heterocycles. The lowest BCUT2D eigenvalue weighted by Crippen LogP contribution is -2.46. The molecule has 4 nitrogen and oxygen atoms in total. The average molecular weight is 228 g/mol. The van der Waals surface area contributed by atoms with Crippen LogP contribution in [0.4, 0.5) is 0 Å². The van der Waals surface area contributed by atoms with Gasteiger partial charge >= 0.3 is 0 Å². The number of rotatable bonds is 8. The number of hydrogen-bond donors (Lipinski definition) is 2. The second-order valence-electron chi connectivity index (χ2n) is 3.95. The zero-order valence-electron chi connectivity index (χ0n) is 10.6. The Morgan fingerprint density at radius 1 is 1.06 bits per heavy atom. The maximum absolute atomic E-state index is 11.7. The number of amides is 2. The third-order valence-corrected chi connectivity index (χ3v) is 2.26. The molecule has 2 amide bonds. The van der Waals surface area contributed by atoms with E-state index in [1.165, 1.54) is 0 Å². The highest BCUT2D eigenvalue weighted by Crippen LogP contribution is 1.98. The number of carbonyl (C=O) groups is 2. The van der Waals surface area contributed by atoms with Crippen molar-refractivity contribution in [3.63, 3.8) is 0 Å². The molecule has 0 aromatic rings. The molecule has 2 N–H and O–H groups in total. The molecule has 94 valence electrons. The summed E-state index contributed by atoms with van der Waals surface area (Å²) < 4.78 is 0. The van der Waals surface area contributed by atoms with E-state index in [2.05, 4.69) is 10.6 Å². The Morgan fingerprint density at radius 3 is 2.25 bits per heavy atom. The van der Waals surface area contributed by atoms with Gasteiger partial charge in [-0.3, -0.25) is 9.59 Å². The van der Waals surface area contributed by atoms with Gasteiger partial charge in [0.25, 0.3) is 0 Å². The maximum Gasteiger partial charge on any atom is 0.242 e. The maximum atomic E-state index is 11.7. The first kappa shape index (κ1) is 14.9. The number of carbonyl (C=O) groups excluding carboxylic acids is 2. The molecule has 0 rings (SSSR count). The Morgan fingerprint density at radius 2 is 1.75 bits per heavy atom. The quantitative estimate of drug-likeness (QED) is 0.663. The van der Waals surface area contributed by atoms with Crippen molar-refractivity contribution in [3.8, 4) is 0 Å². The molecule has 0 saturated carbocycles. The van der Waals surface area contributed by atoms with E-state index < -0.39 is 0 Å². The van der Waals surface area contributed by atoms with Gasteiger partial charge in [-0.05, 0) is 19.3 Å². The summed E-state index contributed by atoms with van der Waals surface area (Å²) in [6, 6.07) is -0.365. The van der Waals surface area contributed by atoms with E-state index in [4.69, 9.17) is 0 Å². The van der Waals surface area contributed by atoms with Crippen LogP contribution in [0.1, 0.15) is 52.9 Å². The van der Waals surface area contributed by atoms with E-state index in [9.17, 15) is 9.59 Å². The molecule has 4 heteroatoms. The van der Waals surface area contributed by atoms with Gasteiger partial charge in [0.05, 0.1) is 0 Å². The van der Waals surface area contributed by atoms with Gasteiger partial charge in [-0.15, -0.1) is 0 Å². The highest BCUT2D eigenvalue weighted by molar-refractivity contribution is 5.87. The second-order valence-corrected chi connectivity index (χ2v) is 3.95. The van der Waals surface area contributed by atoms with Crippen LogP contribution in [0, 0.1) is 0 Å². The smallest absolute Gasteiger partial charge is 0.242 e. The monoisotopic (exact) mass is 228 g/mol. The first-order valence-corrected chi connectivity index (χ1v) is 6.22. The zero-order chi connectivity index (χ0) is 12.4. The van der Waals surface area contributed by atoms with Crippen molar-refractivity contribution in [2.75, 3.05) is 6.54 Å². The lowest BCUT2D eigenvalue weighted by atomic mass is 10.1. The Kier molecular flexibility index (Phi) is 8.58. The van der Waals surface area contributed by atoms with Gasteiger partial charge in [-0.1, -0.05) is 27.2 Å². The van der Waals surface area contributed by atoms with E-state index in [0.29, 0.717) is 19.4 Å². The molecule has 0 aliphatic heterocycles. The molecule has 16 heavy (non-hydrogen) atoms. The summed E-state index contributed by atoms with van der Waals surface area (Å²) in [4.78, 5) is 23.1. The average Bonchev–Trinajstić information content (AvgIpc) is 2.25. The summed E-state index contributed by atoms with van der Waals surface area (Å²) in [5, 5.41) is 5.59. The third kappa shape index (κ3) is 6.43. The van der Waals surface area contributed by atoms with Gasteiger partial charge in [0.1, 0.15) is 6.04 Å². The molecule has 0 spiro atoms. The predicted molar refractivity (Wildman–Crippen MR) is 65.0 cm³/mol. The lowest BCUT2D eigenvalue weighted by Gasteiger charge is -2.17. The summed E-state index contributed by atoms with van der Waals surface area (Å²) in [5.41, 5.74) is 0. The van der Waals surface area contributed by atoms with Crippen LogP contribution >= 0.6 is 0 Å². The summed E-state index contributed by atoms with van der Waals surface area (Å²) in [7, 11) is 0. The van der Waals surface area contributed by atoms with Crippen molar-refractivity contribution in [1.82, 2.24) is 10.6 Å². The van der Waals surface area contributed by atoms with Crippen molar-refractivity contribution in [1.29, 1.82) is 0 Å². The SMILES string of the molecule is CCCNC(=O)C(CCC)NC(=O)CCC. The third-order valence-electron chi connectivity index (χ3n) is 2.26. The molecule has 1 atom stereocenters. The Bertz CT molecular complexity index is 217. The second kappa shape index (κ2) is 9.19. The lowest BCUT2D eigenvalue weighted by molar-refractivity contribution is -0.129. The number of hydrogen-bond acceptors (Lipinski definition) is 2. The molecule has 0 radical (unpaired) electrons. The van der Waals surface area contributed by atoms with E-state index in [1.807, 2.05) is 20.8 Å². The standard InChI is InChI=1S/C12H24N2O2/c1-4-7-10(12(16)13-9-6-3)14-11(15)8-5-2/h10H,4-9H2,1-3H3,(H,13,16)(H,14,15). The minimum atomic E-state index is -0.365. The normalized spacial score (nSPS) is 11.9. The highest BCUT2D eigenvalue weighted by atomic mass is 16.2. The summed E-state index contributed by atoms with van der Waals surface area (Å²) in [6.07, 6.45) is 3.79. The van der Waals surface area contributed by atoms with Gasteiger partial charge < -0.3 is 10.6 Å². The van der Waals surface area contributed by atoms with Crippen LogP contribution in [-0.4, -0.2) is 24.4 Å². The molecule has 0 saturated heterocycles. The Hall–Kier alpha value is -1.06. The molecule has 0 aromatic carbocycles. The Balaban J connectivity index is 4.13. The molecule has 0 heterocycles. The van der Waals surface area contributed by atoms with Gasteiger partial charge in [0.15, 0.2) is 0 Å². The van der Waals surface area contributed by atoms with Gasteiger partial charge in [-0.2, -0.15) is 0 Å². The van der Waals surface area contributed by atoms with E-state index in [1.54, 1.807) is 0 Å². The predicted octanol–water partition coefficient (Wildman–Crippen LogP) is 1.60. The molecule has 0 bridgehead atoms. The van der Waals surface area contributed by atoms with E-state index >= 15 is 0 Å². The van der Waals surface area contributed by atoms with Crippen LogP contribution in [0.15, 0.2) is 0 Å². The molecular formula is C12H24N2O2. The van der Waals surface area contributed by atoms with Crippen LogP contribution in [-0.2, 0) is 9.59 Å². The largest absolute Gasteiger partial charge is 0.354 e. The van der Waals surface area contributed by atoms with Crippen LogP contribution in [0.2, 0.25) is 0 Å². The zero-order valence-corrected chi connectivity index (χ0v) is 10.6. The minimum Gasteiger partial charge on any atom is -0.354 e. The van der Waals surface area contributed by atoms with Crippen molar-refractivity contribution in [2.45, 2.75) is 58.9 Å². The molecule has 0 aliphatic rings. The fourth-order valence-corrected chi connectivity index (χ4v) is 1.42. The summed E-state index contributed by atoms with van der Waals surface area (Å²) >= 11 is 0. The first-order chi connectivity index (χ1) is 7.65. The van der Waals surface area contributed by atoms with E-state index in [0.717, 1.165) is 19.3 Å². The number of nitrogens with one attached hydrogen (secondary N) is 2. The van der Waals surface area contributed by atoms with Gasteiger partial charge in [0, 0.05) is 13.0 Å². The fraction of sp³-hybridized carbons (Fsp3) is 0.833. The van der Waals surface area contributed by atoms with E-state index in [-0.39, 0.29) is 17.9 Å². The van der Waals surface area contributed by atoms with Crippen LogP contribution in [0.3, 0.4) is 0 Å². The Labute approximate surface area is 98.2 Å². The molecule has 0 fully saturated rings. The minimum absolute atomic E-state index is 0.0346. The topological polar surface area (TPSA) is 58.2 Å². The van der Waals surface area contributed by atoms with Crippen molar-refractivity contribution in [2.24, 2.45) is 0 Å². The van der Waals surface area contributed by atoms with Crippen molar-refractivity contribution >= 4 is 11.8 Å².